The summed E-state index contributed by atoms with van der Waals surface area (Å²) in [6.07, 6.45) is 7.18. The van der Waals surface area contributed by atoms with Gasteiger partial charge in [-0.1, -0.05) is 30.3 Å². The predicted molar refractivity (Wildman–Crippen MR) is 116 cm³/mol. The Morgan fingerprint density at radius 3 is 2.26 bits per heavy atom. The summed E-state index contributed by atoms with van der Waals surface area (Å²) in [4.78, 5) is 9.85. The van der Waals surface area contributed by atoms with Gasteiger partial charge in [0, 0.05) is 44.0 Å². The first kappa shape index (κ1) is 20.5. The molecule has 4 nitrogen and oxygen atoms in total. The zero-order valence-corrected chi connectivity index (χ0v) is 17.8. The molecule has 3 heterocycles. The molecule has 0 spiro atoms. The van der Waals surface area contributed by atoms with Gasteiger partial charge in [-0.15, -0.1) is 17.0 Å². The molecule has 2 atom stereocenters. The van der Waals surface area contributed by atoms with Gasteiger partial charge in [-0.2, -0.15) is 0 Å². The molecule has 2 aliphatic rings. The topological polar surface area (TPSA) is 45.4 Å². The molecule has 2 unspecified atom stereocenters. The fourth-order valence-electron chi connectivity index (χ4n) is 4.71. The van der Waals surface area contributed by atoms with E-state index in [9.17, 15) is 0 Å². The maximum absolute atomic E-state index is 5.75. The second kappa shape index (κ2) is 9.28. The fourth-order valence-corrected chi connectivity index (χ4v) is 4.71. The average molecular weight is 431 g/mol. The van der Waals surface area contributed by atoms with Gasteiger partial charge in [0.15, 0.2) is 0 Å². The molecule has 2 fully saturated rings. The molecule has 2 N–H and O–H groups in total. The van der Waals surface area contributed by atoms with Crippen molar-refractivity contribution in [3.05, 3.63) is 65.5 Å². The van der Waals surface area contributed by atoms with Crippen molar-refractivity contribution >= 4 is 17.0 Å². The standard InChI is InChI=1S/C22H30N4.BrH/c1-25-20-9-10-21(25)13-22(12-20)26(16-19-4-2-3-11-24-19)15-18-7-5-17(14-23)6-8-18;/h2-8,11,20-22H,9-10,12-16,23H2,1H3;1H. The minimum Gasteiger partial charge on any atom is -0.326 e. The summed E-state index contributed by atoms with van der Waals surface area (Å²) in [6, 6.07) is 17.2. The third kappa shape index (κ3) is 4.77. The van der Waals surface area contributed by atoms with Crippen LogP contribution in [0.15, 0.2) is 48.7 Å². The van der Waals surface area contributed by atoms with Gasteiger partial charge < -0.3 is 10.6 Å². The number of nitrogens with two attached hydrogens (primary N) is 1. The second-order valence-electron chi connectivity index (χ2n) is 7.92. The number of piperidine rings is 1. The highest BCUT2D eigenvalue weighted by molar-refractivity contribution is 8.93. The van der Waals surface area contributed by atoms with E-state index >= 15 is 0 Å². The predicted octanol–water partition coefficient (Wildman–Crippen LogP) is 3.75. The van der Waals surface area contributed by atoms with Crippen LogP contribution >= 0.6 is 17.0 Å². The number of rotatable bonds is 6. The van der Waals surface area contributed by atoms with Crippen LogP contribution in [0.25, 0.3) is 0 Å². The number of pyridine rings is 1. The van der Waals surface area contributed by atoms with Crippen LogP contribution in [0.4, 0.5) is 0 Å². The summed E-state index contributed by atoms with van der Waals surface area (Å²) in [5, 5.41) is 0. The number of nitrogens with zero attached hydrogens (tertiary/aromatic N) is 3. The van der Waals surface area contributed by atoms with Crippen LogP contribution in [-0.4, -0.2) is 40.0 Å². The molecular weight excluding hydrogens is 400 g/mol. The Bertz CT molecular complexity index is 692. The first-order chi connectivity index (χ1) is 12.7. The molecule has 2 bridgehead atoms. The number of aromatic nitrogens is 1. The van der Waals surface area contributed by atoms with E-state index in [0.717, 1.165) is 30.9 Å². The number of halogens is 1. The highest BCUT2D eigenvalue weighted by atomic mass is 79.9. The van der Waals surface area contributed by atoms with E-state index in [-0.39, 0.29) is 17.0 Å². The normalized spacial score (nSPS) is 24.8. The third-order valence-electron chi connectivity index (χ3n) is 6.33. The third-order valence-corrected chi connectivity index (χ3v) is 6.33. The molecule has 146 valence electrons. The largest absolute Gasteiger partial charge is 0.326 e. The smallest absolute Gasteiger partial charge is 0.0544 e. The van der Waals surface area contributed by atoms with Crippen LogP contribution in [0.1, 0.15) is 42.5 Å². The SMILES string of the molecule is Br.CN1C2CCC1CC(N(Cc1ccc(CN)cc1)Cc1ccccn1)C2. The molecule has 0 amide bonds. The first-order valence-corrected chi connectivity index (χ1v) is 9.86. The highest BCUT2D eigenvalue weighted by Gasteiger charge is 2.40. The van der Waals surface area contributed by atoms with Crippen LogP contribution in [0.3, 0.4) is 0 Å². The lowest BCUT2D eigenvalue weighted by Gasteiger charge is -2.41. The van der Waals surface area contributed by atoms with Gasteiger partial charge in [-0.25, -0.2) is 0 Å². The molecular formula is C22H31BrN4. The van der Waals surface area contributed by atoms with E-state index < -0.39 is 0 Å². The Hall–Kier alpha value is -1.27. The molecule has 1 aromatic carbocycles. The van der Waals surface area contributed by atoms with Gasteiger partial charge in [0.25, 0.3) is 0 Å². The molecule has 4 rings (SSSR count). The average Bonchev–Trinajstić information content (AvgIpc) is 2.89. The van der Waals surface area contributed by atoms with Crippen LogP contribution in [0.5, 0.6) is 0 Å². The molecule has 1 aromatic heterocycles. The number of fused-ring (bicyclic) bond motifs is 2. The minimum absolute atomic E-state index is 0. The van der Waals surface area contributed by atoms with Crippen LogP contribution in [0, 0.1) is 0 Å². The van der Waals surface area contributed by atoms with Crippen LogP contribution in [0.2, 0.25) is 0 Å². The van der Waals surface area contributed by atoms with Gasteiger partial charge in [0.2, 0.25) is 0 Å². The zero-order chi connectivity index (χ0) is 17.9. The van der Waals surface area contributed by atoms with Crippen LogP contribution in [-0.2, 0) is 19.6 Å². The van der Waals surface area contributed by atoms with E-state index in [1.54, 1.807) is 0 Å². The molecule has 0 aliphatic carbocycles. The number of hydrogen-bond acceptors (Lipinski definition) is 4. The van der Waals surface area contributed by atoms with Gasteiger partial charge in [-0.05, 0) is 56.0 Å². The molecule has 2 saturated heterocycles. The van der Waals surface area contributed by atoms with E-state index in [0.29, 0.717) is 12.6 Å². The second-order valence-corrected chi connectivity index (χ2v) is 7.92. The minimum atomic E-state index is 0. The maximum Gasteiger partial charge on any atom is 0.0544 e. The zero-order valence-electron chi connectivity index (χ0n) is 16.1. The van der Waals surface area contributed by atoms with Crippen molar-refractivity contribution in [3.8, 4) is 0 Å². The lowest BCUT2D eigenvalue weighted by atomic mass is 9.95. The van der Waals surface area contributed by atoms with E-state index in [2.05, 4.69) is 58.2 Å². The van der Waals surface area contributed by atoms with Crippen molar-refractivity contribution in [1.29, 1.82) is 0 Å². The van der Waals surface area contributed by atoms with Crippen molar-refractivity contribution in [2.45, 2.75) is 63.4 Å². The number of benzene rings is 1. The van der Waals surface area contributed by atoms with Crippen molar-refractivity contribution in [2.24, 2.45) is 5.73 Å². The van der Waals surface area contributed by atoms with Gasteiger partial charge in [0.05, 0.1) is 5.69 Å². The van der Waals surface area contributed by atoms with Crippen molar-refractivity contribution < 1.29 is 0 Å². The van der Waals surface area contributed by atoms with Gasteiger partial charge >= 0.3 is 0 Å². The summed E-state index contributed by atoms with van der Waals surface area (Å²) in [5.41, 5.74) is 9.47. The Labute approximate surface area is 173 Å². The summed E-state index contributed by atoms with van der Waals surface area (Å²) in [7, 11) is 2.31. The maximum atomic E-state index is 5.75. The monoisotopic (exact) mass is 430 g/mol. The molecule has 2 aliphatic heterocycles. The van der Waals surface area contributed by atoms with Crippen LogP contribution < -0.4 is 5.73 Å². The van der Waals surface area contributed by atoms with E-state index in [4.69, 9.17) is 5.73 Å². The lowest BCUT2D eigenvalue weighted by Crippen LogP contribution is -2.48. The molecule has 5 heteroatoms. The van der Waals surface area contributed by atoms with Crippen molar-refractivity contribution in [3.63, 3.8) is 0 Å². The Balaban J connectivity index is 0.00000210. The molecule has 2 aromatic rings. The Morgan fingerprint density at radius 2 is 1.67 bits per heavy atom. The summed E-state index contributed by atoms with van der Waals surface area (Å²) in [6.45, 7) is 2.51. The molecule has 27 heavy (non-hydrogen) atoms. The van der Waals surface area contributed by atoms with Gasteiger partial charge in [-0.3, -0.25) is 9.88 Å². The van der Waals surface area contributed by atoms with Gasteiger partial charge in [0.1, 0.15) is 0 Å². The highest BCUT2D eigenvalue weighted by Crippen LogP contribution is 2.37. The fraction of sp³-hybridized carbons (Fsp3) is 0.500. The van der Waals surface area contributed by atoms with E-state index in [1.807, 2.05) is 12.3 Å². The quantitative estimate of drug-likeness (QED) is 0.757. The lowest BCUT2D eigenvalue weighted by molar-refractivity contribution is 0.0651. The Morgan fingerprint density at radius 1 is 1.00 bits per heavy atom. The van der Waals surface area contributed by atoms with Crippen molar-refractivity contribution in [1.82, 2.24) is 14.8 Å². The summed E-state index contributed by atoms with van der Waals surface area (Å²) >= 11 is 0. The van der Waals surface area contributed by atoms with E-state index in [1.165, 1.54) is 36.8 Å². The molecule has 0 radical (unpaired) electrons. The number of hydrogen-bond donors (Lipinski definition) is 1. The summed E-state index contributed by atoms with van der Waals surface area (Å²) in [5.74, 6) is 0. The summed E-state index contributed by atoms with van der Waals surface area (Å²) < 4.78 is 0. The first-order valence-electron chi connectivity index (χ1n) is 9.86. The molecule has 0 saturated carbocycles. The Kier molecular flexibility index (Phi) is 7.04. The van der Waals surface area contributed by atoms with Crippen molar-refractivity contribution in [2.75, 3.05) is 7.05 Å².